The van der Waals surface area contributed by atoms with Crippen molar-refractivity contribution in [3.05, 3.63) is 59.7 Å². The number of carbonyl (C=O) groups excluding carboxylic acids is 1. The Kier molecular flexibility index (Phi) is 7.28. The van der Waals surface area contributed by atoms with Gasteiger partial charge in [-0.25, -0.2) is 5.43 Å². The summed E-state index contributed by atoms with van der Waals surface area (Å²) in [4.78, 5) is 12.1. The van der Waals surface area contributed by atoms with Gasteiger partial charge in [-0.1, -0.05) is 30.3 Å². The fourth-order valence-electron chi connectivity index (χ4n) is 2.79. The molecule has 1 fully saturated rings. The SMILES string of the molecule is COc1cc(/C=N/NC(=O)CC2(C)SCCS2)ccc1OCc1ccccc1. The molecule has 2 aromatic carbocycles. The van der Waals surface area contributed by atoms with Gasteiger partial charge >= 0.3 is 0 Å². The fraction of sp³-hybridized carbons (Fsp3) is 0.333. The number of hydrazone groups is 1. The second-order valence-electron chi connectivity index (χ2n) is 6.49. The third-order valence-corrected chi connectivity index (χ3v) is 7.50. The normalized spacial score (nSPS) is 15.5. The molecular weight excluding hydrogens is 392 g/mol. The zero-order valence-corrected chi connectivity index (χ0v) is 17.6. The van der Waals surface area contributed by atoms with Gasteiger partial charge in [-0.3, -0.25) is 4.79 Å². The van der Waals surface area contributed by atoms with Gasteiger partial charge < -0.3 is 9.47 Å². The maximum absolute atomic E-state index is 12.1. The molecule has 1 amide bonds. The van der Waals surface area contributed by atoms with Gasteiger partial charge in [0, 0.05) is 11.5 Å². The van der Waals surface area contributed by atoms with Gasteiger partial charge in [-0.2, -0.15) is 5.10 Å². The number of nitrogens with one attached hydrogen (secondary N) is 1. The predicted molar refractivity (Wildman–Crippen MR) is 117 cm³/mol. The van der Waals surface area contributed by atoms with E-state index in [0.29, 0.717) is 24.5 Å². The van der Waals surface area contributed by atoms with Crippen LogP contribution in [0.2, 0.25) is 0 Å². The molecule has 2 aromatic rings. The van der Waals surface area contributed by atoms with E-state index in [1.54, 1.807) is 13.3 Å². The molecule has 0 radical (unpaired) electrons. The van der Waals surface area contributed by atoms with Gasteiger partial charge in [-0.05, 0) is 36.2 Å². The molecule has 0 saturated carbocycles. The summed E-state index contributed by atoms with van der Waals surface area (Å²) in [7, 11) is 1.60. The Morgan fingerprint density at radius 1 is 1.18 bits per heavy atom. The number of carbonyl (C=O) groups is 1. The molecule has 1 aliphatic rings. The Hall–Kier alpha value is -2.12. The number of ether oxygens (including phenoxy) is 2. The summed E-state index contributed by atoms with van der Waals surface area (Å²) >= 11 is 3.66. The smallest absolute Gasteiger partial charge is 0.242 e. The molecular formula is C21H24N2O3S2. The largest absolute Gasteiger partial charge is 0.493 e. The minimum atomic E-state index is -0.0737. The summed E-state index contributed by atoms with van der Waals surface area (Å²) in [6.07, 6.45) is 2.06. The topological polar surface area (TPSA) is 59.9 Å². The Labute approximate surface area is 174 Å². The van der Waals surface area contributed by atoms with Crippen molar-refractivity contribution in [2.24, 2.45) is 5.10 Å². The number of benzene rings is 2. The number of thioether (sulfide) groups is 2. The number of methoxy groups -OCH3 is 1. The van der Waals surface area contributed by atoms with Crippen LogP contribution in [0.4, 0.5) is 0 Å². The number of hydrogen-bond donors (Lipinski definition) is 1. The van der Waals surface area contributed by atoms with Crippen LogP contribution in [0.3, 0.4) is 0 Å². The highest BCUT2D eigenvalue weighted by atomic mass is 32.2. The van der Waals surface area contributed by atoms with E-state index in [9.17, 15) is 4.79 Å². The van der Waals surface area contributed by atoms with Gasteiger partial charge in [-0.15, -0.1) is 23.5 Å². The van der Waals surface area contributed by atoms with Crippen molar-refractivity contribution in [1.82, 2.24) is 5.43 Å². The zero-order valence-electron chi connectivity index (χ0n) is 16.0. The van der Waals surface area contributed by atoms with Gasteiger partial charge in [0.2, 0.25) is 5.91 Å². The fourth-order valence-corrected chi connectivity index (χ4v) is 5.62. The minimum absolute atomic E-state index is 0.0411. The van der Waals surface area contributed by atoms with Crippen LogP contribution in [0.15, 0.2) is 53.6 Å². The van der Waals surface area contributed by atoms with Crippen molar-refractivity contribution in [3.8, 4) is 11.5 Å². The summed E-state index contributed by atoms with van der Waals surface area (Å²) < 4.78 is 11.2. The number of amides is 1. The van der Waals surface area contributed by atoms with E-state index in [1.165, 1.54) is 0 Å². The number of nitrogens with zero attached hydrogens (tertiary/aromatic N) is 1. The second kappa shape index (κ2) is 9.89. The van der Waals surface area contributed by atoms with E-state index in [0.717, 1.165) is 22.6 Å². The molecule has 1 N–H and O–H groups in total. The third kappa shape index (κ3) is 5.94. The minimum Gasteiger partial charge on any atom is -0.493 e. The molecule has 0 aliphatic carbocycles. The molecule has 1 heterocycles. The average molecular weight is 417 g/mol. The van der Waals surface area contributed by atoms with E-state index >= 15 is 0 Å². The van der Waals surface area contributed by atoms with E-state index < -0.39 is 0 Å². The van der Waals surface area contributed by atoms with Crippen molar-refractivity contribution >= 4 is 35.6 Å². The summed E-state index contributed by atoms with van der Waals surface area (Å²) in [5.74, 6) is 3.40. The highest BCUT2D eigenvalue weighted by Gasteiger charge is 2.32. The van der Waals surface area contributed by atoms with Crippen LogP contribution in [0.25, 0.3) is 0 Å². The Morgan fingerprint density at radius 3 is 2.64 bits per heavy atom. The van der Waals surface area contributed by atoms with Crippen molar-refractivity contribution in [1.29, 1.82) is 0 Å². The van der Waals surface area contributed by atoms with Gasteiger partial charge in [0.15, 0.2) is 11.5 Å². The molecule has 1 saturated heterocycles. The van der Waals surface area contributed by atoms with Crippen LogP contribution in [-0.4, -0.2) is 34.8 Å². The van der Waals surface area contributed by atoms with Crippen LogP contribution in [-0.2, 0) is 11.4 Å². The molecule has 148 valence electrons. The lowest BCUT2D eigenvalue weighted by Crippen LogP contribution is -2.26. The summed E-state index contributed by atoms with van der Waals surface area (Å²) in [6, 6.07) is 15.5. The first kappa shape index (κ1) is 20.6. The second-order valence-corrected chi connectivity index (χ2v) is 9.94. The van der Waals surface area contributed by atoms with E-state index in [4.69, 9.17) is 9.47 Å². The quantitative estimate of drug-likeness (QED) is 0.513. The first-order valence-corrected chi connectivity index (χ1v) is 11.0. The van der Waals surface area contributed by atoms with Crippen LogP contribution in [0.1, 0.15) is 24.5 Å². The molecule has 5 nitrogen and oxygen atoms in total. The molecule has 0 atom stereocenters. The lowest BCUT2D eigenvalue weighted by Gasteiger charge is -2.19. The third-order valence-electron chi connectivity index (χ3n) is 4.21. The zero-order chi connectivity index (χ0) is 19.8. The molecule has 28 heavy (non-hydrogen) atoms. The standard InChI is InChI=1S/C21H24N2O3S2/c1-21(27-10-11-28-21)13-20(24)23-22-14-17-8-9-18(19(12-17)25-2)26-15-16-6-4-3-5-7-16/h3-9,12,14H,10-11,13,15H2,1-2H3,(H,23,24)/b22-14+. The van der Waals surface area contributed by atoms with Gasteiger partial charge in [0.05, 0.1) is 23.8 Å². The van der Waals surface area contributed by atoms with E-state index in [1.807, 2.05) is 72.1 Å². The van der Waals surface area contributed by atoms with Crippen molar-refractivity contribution in [2.75, 3.05) is 18.6 Å². The molecule has 0 spiro atoms. The van der Waals surface area contributed by atoms with Crippen LogP contribution in [0, 0.1) is 0 Å². The maximum Gasteiger partial charge on any atom is 0.242 e. The predicted octanol–water partition coefficient (Wildman–Crippen LogP) is 4.31. The number of hydrogen-bond acceptors (Lipinski definition) is 6. The maximum atomic E-state index is 12.1. The molecule has 7 heteroatoms. The first-order valence-electron chi connectivity index (χ1n) is 9.02. The monoisotopic (exact) mass is 416 g/mol. The molecule has 1 aliphatic heterocycles. The van der Waals surface area contributed by atoms with Crippen LogP contribution < -0.4 is 14.9 Å². The van der Waals surface area contributed by atoms with E-state index in [2.05, 4.69) is 17.5 Å². The lowest BCUT2D eigenvalue weighted by atomic mass is 10.2. The summed E-state index contributed by atoms with van der Waals surface area (Å²) in [6.45, 7) is 2.58. The van der Waals surface area contributed by atoms with Gasteiger partial charge in [0.25, 0.3) is 0 Å². The molecule has 0 bridgehead atoms. The lowest BCUT2D eigenvalue weighted by molar-refractivity contribution is -0.121. The average Bonchev–Trinajstić information content (AvgIpc) is 3.13. The Bertz CT molecular complexity index is 822. The highest BCUT2D eigenvalue weighted by molar-refractivity contribution is 8.21. The first-order chi connectivity index (χ1) is 13.6. The Morgan fingerprint density at radius 2 is 1.93 bits per heavy atom. The van der Waals surface area contributed by atoms with Gasteiger partial charge in [0.1, 0.15) is 6.61 Å². The highest BCUT2D eigenvalue weighted by Crippen LogP contribution is 2.45. The number of rotatable bonds is 8. The molecule has 3 rings (SSSR count). The Balaban J connectivity index is 1.55. The van der Waals surface area contributed by atoms with Crippen LogP contribution in [0.5, 0.6) is 11.5 Å². The van der Waals surface area contributed by atoms with Crippen molar-refractivity contribution < 1.29 is 14.3 Å². The molecule has 0 aromatic heterocycles. The summed E-state index contributed by atoms with van der Waals surface area (Å²) in [5, 5.41) is 4.07. The molecule has 0 unspecified atom stereocenters. The summed E-state index contributed by atoms with van der Waals surface area (Å²) in [5.41, 5.74) is 4.52. The van der Waals surface area contributed by atoms with Crippen molar-refractivity contribution in [2.45, 2.75) is 24.0 Å². The van der Waals surface area contributed by atoms with Crippen LogP contribution >= 0.6 is 23.5 Å². The van der Waals surface area contributed by atoms with Crippen molar-refractivity contribution in [3.63, 3.8) is 0 Å². The van der Waals surface area contributed by atoms with E-state index in [-0.39, 0.29) is 9.99 Å².